The first kappa shape index (κ1) is 9.92. The van der Waals surface area contributed by atoms with Gasteiger partial charge in [0, 0.05) is 20.3 Å². The lowest BCUT2D eigenvalue weighted by molar-refractivity contribution is 0.168. The van der Waals surface area contributed by atoms with Crippen LogP contribution >= 0.6 is 0 Å². The van der Waals surface area contributed by atoms with Crippen LogP contribution < -0.4 is 0 Å². The van der Waals surface area contributed by atoms with Crippen molar-refractivity contribution < 1.29 is 9.84 Å². The van der Waals surface area contributed by atoms with Crippen LogP contribution in [0, 0.1) is 5.92 Å². The van der Waals surface area contributed by atoms with Crippen LogP contribution in [0.25, 0.3) is 0 Å². The Hall–Kier alpha value is -0.0800. The smallest absolute Gasteiger partial charge is 0.0462 e. The molecule has 0 saturated carbocycles. The molecule has 0 rings (SSSR count). The summed E-state index contributed by atoms with van der Waals surface area (Å²) in [6.45, 7) is 3.24. The van der Waals surface area contributed by atoms with Crippen LogP contribution in [0.1, 0.15) is 26.2 Å². The fourth-order valence-electron chi connectivity index (χ4n) is 0.941. The third-order valence-electron chi connectivity index (χ3n) is 1.80. The molecule has 0 aromatic rings. The van der Waals surface area contributed by atoms with E-state index in [0.717, 1.165) is 25.9 Å². The molecule has 10 heavy (non-hydrogen) atoms. The molecule has 0 fully saturated rings. The van der Waals surface area contributed by atoms with Gasteiger partial charge in [-0.2, -0.15) is 0 Å². The van der Waals surface area contributed by atoms with Gasteiger partial charge in [-0.15, -0.1) is 0 Å². The van der Waals surface area contributed by atoms with Gasteiger partial charge >= 0.3 is 0 Å². The molecule has 0 heterocycles. The monoisotopic (exact) mass is 146 g/mol. The molecule has 62 valence electrons. The summed E-state index contributed by atoms with van der Waals surface area (Å²) in [6, 6.07) is 0. The summed E-state index contributed by atoms with van der Waals surface area (Å²) in [4.78, 5) is 0. The zero-order chi connectivity index (χ0) is 7.82. The number of hydrogen-bond acceptors (Lipinski definition) is 2. The average molecular weight is 146 g/mol. The van der Waals surface area contributed by atoms with Gasteiger partial charge < -0.3 is 9.84 Å². The van der Waals surface area contributed by atoms with Gasteiger partial charge in [0.2, 0.25) is 0 Å². The van der Waals surface area contributed by atoms with E-state index in [1.165, 1.54) is 0 Å². The van der Waals surface area contributed by atoms with Crippen molar-refractivity contribution in [1.29, 1.82) is 0 Å². The molecule has 0 aliphatic carbocycles. The molecule has 0 radical (unpaired) electrons. The summed E-state index contributed by atoms with van der Waals surface area (Å²) >= 11 is 0. The Morgan fingerprint density at radius 3 is 2.60 bits per heavy atom. The second-order valence-corrected chi connectivity index (χ2v) is 2.59. The van der Waals surface area contributed by atoms with E-state index in [9.17, 15) is 0 Å². The quantitative estimate of drug-likeness (QED) is 0.574. The van der Waals surface area contributed by atoms with E-state index in [4.69, 9.17) is 9.84 Å². The number of aliphatic hydroxyl groups is 1. The van der Waals surface area contributed by atoms with E-state index >= 15 is 0 Å². The van der Waals surface area contributed by atoms with E-state index in [0.29, 0.717) is 12.5 Å². The summed E-state index contributed by atoms with van der Waals surface area (Å²) in [5, 5.41) is 8.78. The van der Waals surface area contributed by atoms with Crippen LogP contribution in [0.3, 0.4) is 0 Å². The molecule has 1 unspecified atom stereocenters. The highest BCUT2D eigenvalue weighted by Gasteiger charge is 2.02. The van der Waals surface area contributed by atoms with Crippen molar-refractivity contribution in [3.63, 3.8) is 0 Å². The average Bonchev–Trinajstić information content (AvgIpc) is 1.99. The highest BCUT2D eigenvalue weighted by atomic mass is 16.5. The van der Waals surface area contributed by atoms with Crippen molar-refractivity contribution in [3.8, 4) is 0 Å². The van der Waals surface area contributed by atoms with Crippen molar-refractivity contribution in [1.82, 2.24) is 0 Å². The summed E-state index contributed by atoms with van der Waals surface area (Å²) in [6.07, 6.45) is 3.22. The number of methoxy groups -OCH3 is 1. The number of ether oxygens (including phenoxy) is 1. The van der Waals surface area contributed by atoms with Crippen LogP contribution in [-0.4, -0.2) is 25.4 Å². The fourth-order valence-corrected chi connectivity index (χ4v) is 0.941. The molecule has 2 nitrogen and oxygen atoms in total. The minimum Gasteiger partial charge on any atom is -0.396 e. The van der Waals surface area contributed by atoms with Crippen LogP contribution in [0.2, 0.25) is 0 Å². The molecule has 0 saturated heterocycles. The van der Waals surface area contributed by atoms with E-state index in [2.05, 4.69) is 6.92 Å². The molecule has 0 amide bonds. The Morgan fingerprint density at radius 1 is 1.50 bits per heavy atom. The van der Waals surface area contributed by atoms with Crippen molar-refractivity contribution in [3.05, 3.63) is 0 Å². The summed E-state index contributed by atoms with van der Waals surface area (Å²) in [5.74, 6) is 0.482. The van der Waals surface area contributed by atoms with Gasteiger partial charge in [0.15, 0.2) is 0 Å². The molecule has 0 aromatic carbocycles. The molecule has 0 aromatic heterocycles. The van der Waals surface area contributed by atoms with Crippen LogP contribution in [0.5, 0.6) is 0 Å². The highest BCUT2D eigenvalue weighted by molar-refractivity contribution is 4.54. The highest BCUT2D eigenvalue weighted by Crippen LogP contribution is 2.08. The van der Waals surface area contributed by atoms with Gasteiger partial charge in [0.25, 0.3) is 0 Å². The molecule has 1 N–H and O–H groups in total. The number of hydrogen-bond donors (Lipinski definition) is 1. The molecule has 1 atom stereocenters. The SMILES string of the molecule is CCC(CO)CCCOC. The molecule has 0 bridgehead atoms. The maximum atomic E-state index is 8.78. The number of rotatable bonds is 6. The molecule has 0 spiro atoms. The first-order chi connectivity index (χ1) is 4.85. The Bertz CT molecular complexity index is 60.3. The van der Waals surface area contributed by atoms with Gasteiger partial charge in [0.05, 0.1) is 0 Å². The lowest BCUT2D eigenvalue weighted by atomic mass is 10.0. The first-order valence-corrected chi connectivity index (χ1v) is 3.95. The predicted molar refractivity (Wildman–Crippen MR) is 42.0 cm³/mol. The minimum absolute atomic E-state index is 0.320. The van der Waals surface area contributed by atoms with Crippen molar-refractivity contribution in [2.75, 3.05) is 20.3 Å². The summed E-state index contributed by atoms with van der Waals surface area (Å²) in [5.41, 5.74) is 0. The van der Waals surface area contributed by atoms with E-state index in [1.54, 1.807) is 7.11 Å². The van der Waals surface area contributed by atoms with Gasteiger partial charge in [-0.1, -0.05) is 13.3 Å². The second kappa shape index (κ2) is 7.03. The van der Waals surface area contributed by atoms with E-state index < -0.39 is 0 Å². The summed E-state index contributed by atoms with van der Waals surface area (Å²) in [7, 11) is 1.71. The van der Waals surface area contributed by atoms with Crippen molar-refractivity contribution in [2.45, 2.75) is 26.2 Å². The molecule has 2 heteroatoms. The first-order valence-electron chi connectivity index (χ1n) is 3.95. The van der Waals surface area contributed by atoms with Gasteiger partial charge in [0.1, 0.15) is 0 Å². The lowest BCUT2D eigenvalue weighted by Crippen LogP contribution is -2.05. The topological polar surface area (TPSA) is 29.5 Å². The standard InChI is InChI=1S/C8H18O2/c1-3-8(7-9)5-4-6-10-2/h8-9H,3-7H2,1-2H3. The van der Waals surface area contributed by atoms with Crippen LogP contribution in [0.4, 0.5) is 0 Å². The normalized spacial score (nSPS) is 13.5. The lowest BCUT2D eigenvalue weighted by Gasteiger charge is -2.09. The Labute approximate surface area is 63.2 Å². The largest absolute Gasteiger partial charge is 0.396 e. The van der Waals surface area contributed by atoms with Gasteiger partial charge in [-0.05, 0) is 18.8 Å². The number of aliphatic hydroxyl groups excluding tert-OH is 1. The maximum Gasteiger partial charge on any atom is 0.0462 e. The Morgan fingerprint density at radius 2 is 2.20 bits per heavy atom. The van der Waals surface area contributed by atoms with E-state index in [-0.39, 0.29) is 0 Å². The molecule has 0 aliphatic rings. The molecule has 0 aliphatic heterocycles. The van der Waals surface area contributed by atoms with E-state index in [1.807, 2.05) is 0 Å². The second-order valence-electron chi connectivity index (χ2n) is 2.59. The zero-order valence-electron chi connectivity index (χ0n) is 6.97. The Kier molecular flexibility index (Phi) is 6.98. The fraction of sp³-hybridized carbons (Fsp3) is 1.00. The van der Waals surface area contributed by atoms with Crippen LogP contribution in [0.15, 0.2) is 0 Å². The van der Waals surface area contributed by atoms with Crippen molar-refractivity contribution >= 4 is 0 Å². The third-order valence-corrected chi connectivity index (χ3v) is 1.80. The maximum absolute atomic E-state index is 8.78. The third kappa shape index (κ3) is 4.77. The van der Waals surface area contributed by atoms with Gasteiger partial charge in [-0.3, -0.25) is 0 Å². The molecular formula is C8H18O2. The van der Waals surface area contributed by atoms with Crippen LogP contribution in [-0.2, 0) is 4.74 Å². The predicted octanol–water partition coefficient (Wildman–Crippen LogP) is 1.43. The summed E-state index contributed by atoms with van der Waals surface area (Å²) < 4.78 is 4.90. The minimum atomic E-state index is 0.320. The molecular weight excluding hydrogens is 128 g/mol. The Balaban J connectivity index is 3.09. The van der Waals surface area contributed by atoms with Crippen molar-refractivity contribution in [2.24, 2.45) is 5.92 Å². The van der Waals surface area contributed by atoms with Gasteiger partial charge in [-0.25, -0.2) is 0 Å². The zero-order valence-corrected chi connectivity index (χ0v) is 6.97.